The summed E-state index contributed by atoms with van der Waals surface area (Å²) in [5.74, 6) is 0.337. The standard InChI is InChI=1S/C14H23N3O2/c1-5-10(4)12(15)13(18)17-11-7-6-8-16-14(11)19-9(2)3/h6-10,12H,5,15H2,1-4H3,(H,17,18)/t10?,12-/m0/s1. The Hall–Kier alpha value is -1.62. The van der Waals surface area contributed by atoms with E-state index < -0.39 is 6.04 Å². The van der Waals surface area contributed by atoms with Crippen molar-refractivity contribution in [1.29, 1.82) is 0 Å². The summed E-state index contributed by atoms with van der Waals surface area (Å²) < 4.78 is 5.55. The summed E-state index contributed by atoms with van der Waals surface area (Å²) in [4.78, 5) is 16.1. The number of nitrogens with zero attached hydrogens (tertiary/aromatic N) is 1. The van der Waals surface area contributed by atoms with E-state index in [1.165, 1.54) is 0 Å². The van der Waals surface area contributed by atoms with Gasteiger partial charge in [-0.3, -0.25) is 4.79 Å². The molecule has 0 aliphatic rings. The van der Waals surface area contributed by atoms with E-state index in [0.29, 0.717) is 11.6 Å². The second-order valence-electron chi connectivity index (χ2n) is 4.92. The summed E-state index contributed by atoms with van der Waals surface area (Å²) >= 11 is 0. The molecule has 5 nitrogen and oxygen atoms in total. The van der Waals surface area contributed by atoms with Crippen LogP contribution in [0.25, 0.3) is 0 Å². The van der Waals surface area contributed by atoms with Crippen molar-refractivity contribution in [2.75, 3.05) is 5.32 Å². The van der Waals surface area contributed by atoms with Gasteiger partial charge in [0.1, 0.15) is 5.69 Å². The van der Waals surface area contributed by atoms with Gasteiger partial charge in [0.25, 0.3) is 0 Å². The Morgan fingerprint density at radius 3 is 2.74 bits per heavy atom. The molecule has 0 saturated carbocycles. The van der Waals surface area contributed by atoms with Crippen molar-refractivity contribution < 1.29 is 9.53 Å². The Morgan fingerprint density at radius 1 is 1.47 bits per heavy atom. The minimum absolute atomic E-state index is 0.00575. The minimum Gasteiger partial charge on any atom is -0.473 e. The van der Waals surface area contributed by atoms with Gasteiger partial charge in [-0.2, -0.15) is 0 Å². The molecule has 1 rings (SSSR count). The van der Waals surface area contributed by atoms with Crippen LogP contribution in [0.1, 0.15) is 34.1 Å². The summed E-state index contributed by atoms with van der Waals surface area (Å²) in [6, 6.07) is 2.97. The van der Waals surface area contributed by atoms with Gasteiger partial charge in [-0.05, 0) is 31.9 Å². The molecule has 1 unspecified atom stereocenters. The number of pyridine rings is 1. The lowest BCUT2D eigenvalue weighted by molar-refractivity contribution is -0.118. The van der Waals surface area contributed by atoms with Crippen molar-refractivity contribution in [3.63, 3.8) is 0 Å². The van der Waals surface area contributed by atoms with E-state index >= 15 is 0 Å². The first kappa shape index (κ1) is 15.4. The fraction of sp³-hybridized carbons (Fsp3) is 0.571. The smallest absolute Gasteiger partial charge is 0.241 e. The largest absolute Gasteiger partial charge is 0.473 e. The minimum atomic E-state index is -0.530. The number of hydrogen-bond donors (Lipinski definition) is 2. The molecule has 0 spiro atoms. The van der Waals surface area contributed by atoms with Crippen molar-refractivity contribution in [3.8, 4) is 5.88 Å². The summed E-state index contributed by atoms with van der Waals surface area (Å²) in [6.45, 7) is 7.78. The molecule has 0 saturated heterocycles. The Kier molecular flexibility index (Phi) is 5.76. The zero-order chi connectivity index (χ0) is 14.4. The maximum Gasteiger partial charge on any atom is 0.241 e. The fourth-order valence-electron chi connectivity index (χ4n) is 1.53. The number of nitrogens with one attached hydrogen (secondary N) is 1. The average Bonchev–Trinajstić information content (AvgIpc) is 2.38. The number of amides is 1. The fourth-order valence-corrected chi connectivity index (χ4v) is 1.53. The topological polar surface area (TPSA) is 77.2 Å². The normalized spacial score (nSPS) is 14.0. The molecule has 0 fully saturated rings. The first-order chi connectivity index (χ1) is 8.95. The molecular weight excluding hydrogens is 242 g/mol. The third kappa shape index (κ3) is 4.52. The van der Waals surface area contributed by atoms with Gasteiger partial charge in [0.05, 0.1) is 12.1 Å². The Morgan fingerprint density at radius 2 is 2.16 bits per heavy atom. The van der Waals surface area contributed by atoms with Crippen LogP contribution in [-0.4, -0.2) is 23.0 Å². The first-order valence-electron chi connectivity index (χ1n) is 6.63. The number of aromatic nitrogens is 1. The van der Waals surface area contributed by atoms with Gasteiger partial charge in [0.2, 0.25) is 11.8 Å². The molecule has 1 aromatic rings. The molecular formula is C14H23N3O2. The lowest BCUT2D eigenvalue weighted by Gasteiger charge is -2.19. The zero-order valence-electron chi connectivity index (χ0n) is 12.0. The highest BCUT2D eigenvalue weighted by molar-refractivity contribution is 5.95. The summed E-state index contributed by atoms with van der Waals surface area (Å²) in [5.41, 5.74) is 6.45. The molecule has 1 heterocycles. The van der Waals surface area contributed by atoms with Crippen LogP contribution in [0.15, 0.2) is 18.3 Å². The quantitative estimate of drug-likeness (QED) is 0.826. The molecule has 1 aromatic heterocycles. The maximum absolute atomic E-state index is 12.0. The average molecular weight is 265 g/mol. The number of nitrogens with two attached hydrogens (primary N) is 1. The third-order valence-electron chi connectivity index (χ3n) is 2.94. The van der Waals surface area contributed by atoms with Crippen LogP contribution in [0, 0.1) is 5.92 Å². The van der Waals surface area contributed by atoms with Crippen LogP contribution in [-0.2, 0) is 4.79 Å². The number of rotatable bonds is 6. The van der Waals surface area contributed by atoms with E-state index in [0.717, 1.165) is 6.42 Å². The molecule has 1 amide bonds. The van der Waals surface area contributed by atoms with E-state index in [1.807, 2.05) is 27.7 Å². The number of ether oxygens (including phenoxy) is 1. The lowest BCUT2D eigenvalue weighted by Crippen LogP contribution is -2.40. The summed E-state index contributed by atoms with van der Waals surface area (Å²) in [7, 11) is 0. The Labute approximate surface area is 114 Å². The second kappa shape index (κ2) is 7.09. The van der Waals surface area contributed by atoms with Gasteiger partial charge in [0.15, 0.2) is 0 Å². The first-order valence-corrected chi connectivity index (χ1v) is 6.63. The van der Waals surface area contributed by atoms with Crippen molar-refractivity contribution in [2.24, 2.45) is 11.7 Å². The van der Waals surface area contributed by atoms with Crippen LogP contribution in [0.3, 0.4) is 0 Å². The number of carbonyl (C=O) groups excluding carboxylic acids is 1. The highest BCUT2D eigenvalue weighted by Gasteiger charge is 2.20. The van der Waals surface area contributed by atoms with Gasteiger partial charge in [-0.15, -0.1) is 0 Å². The molecule has 0 aromatic carbocycles. The Balaban J connectivity index is 2.79. The number of hydrogen-bond acceptors (Lipinski definition) is 4. The molecule has 3 N–H and O–H groups in total. The van der Waals surface area contributed by atoms with E-state index in [2.05, 4.69) is 10.3 Å². The van der Waals surface area contributed by atoms with Crippen LogP contribution >= 0.6 is 0 Å². The van der Waals surface area contributed by atoms with E-state index in [4.69, 9.17) is 10.5 Å². The van der Waals surface area contributed by atoms with Crippen LogP contribution in [0.2, 0.25) is 0 Å². The van der Waals surface area contributed by atoms with Crippen molar-refractivity contribution in [2.45, 2.75) is 46.3 Å². The van der Waals surface area contributed by atoms with Crippen molar-refractivity contribution in [1.82, 2.24) is 4.98 Å². The molecule has 0 radical (unpaired) electrons. The van der Waals surface area contributed by atoms with Gasteiger partial charge in [-0.25, -0.2) is 4.98 Å². The van der Waals surface area contributed by atoms with Crippen LogP contribution in [0.5, 0.6) is 5.88 Å². The monoisotopic (exact) mass is 265 g/mol. The van der Waals surface area contributed by atoms with Crippen LogP contribution in [0.4, 0.5) is 5.69 Å². The molecule has 19 heavy (non-hydrogen) atoms. The molecule has 2 atom stereocenters. The van der Waals surface area contributed by atoms with Gasteiger partial charge >= 0.3 is 0 Å². The van der Waals surface area contributed by atoms with Gasteiger partial charge in [-0.1, -0.05) is 20.3 Å². The van der Waals surface area contributed by atoms with Crippen molar-refractivity contribution >= 4 is 11.6 Å². The van der Waals surface area contributed by atoms with Gasteiger partial charge in [0, 0.05) is 6.20 Å². The predicted molar refractivity (Wildman–Crippen MR) is 76.1 cm³/mol. The SMILES string of the molecule is CCC(C)[C@H](N)C(=O)Nc1cccnc1OC(C)C. The maximum atomic E-state index is 12.0. The highest BCUT2D eigenvalue weighted by Crippen LogP contribution is 2.22. The molecule has 5 heteroatoms. The molecule has 0 aliphatic carbocycles. The van der Waals surface area contributed by atoms with E-state index in [-0.39, 0.29) is 17.9 Å². The van der Waals surface area contributed by atoms with Crippen molar-refractivity contribution in [3.05, 3.63) is 18.3 Å². The van der Waals surface area contributed by atoms with Crippen LogP contribution < -0.4 is 15.8 Å². The summed E-state index contributed by atoms with van der Waals surface area (Å²) in [6.07, 6.45) is 2.48. The second-order valence-corrected chi connectivity index (χ2v) is 4.92. The highest BCUT2D eigenvalue weighted by atomic mass is 16.5. The van der Waals surface area contributed by atoms with E-state index in [1.54, 1.807) is 18.3 Å². The Bertz CT molecular complexity index is 421. The predicted octanol–water partition coefficient (Wildman–Crippen LogP) is 2.18. The molecule has 0 bridgehead atoms. The lowest BCUT2D eigenvalue weighted by atomic mass is 9.99. The molecule has 106 valence electrons. The van der Waals surface area contributed by atoms with E-state index in [9.17, 15) is 4.79 Å². The number of carbonyl (C=O) groups is 1. The summed E-state index contributed by atoms with van der Waals surface area (Å²) in [5, 5.41) is 2.78. The zero-order valence-corrected chi connectivity index (χ0v) is 12.0. The van der Waals surface area contributed by atoms with Gasteiger partial charge < -0.3 is 15.8 Å². The third-order valence-corrected chi connectivity index (χ3v) is 2.94. The molecule has 0 aliphatic heterocycles. The number of anilines is 1.